The van der Waals surface area contributed by atoms with E-state index in [9.17, 15) is 24.0 Å². The van der Waals surface area contributed by atoms with Crippen LogP contribution < -0.4 is 10.1 Å². The first kappa shape index (κ1) is 52.3. The molecule has 5 rings (SSSR count). The third-order valence-corrected chi connectivity index (χ3v) is 11.2. The Balaban J connectivity index is 0.00000148. The van der Waals surface area contributed by atoms with E-state index in [-0.39, 0.29) is 56.2 Å². The molecule has 1 saturated heterocycles. The van der Waals surface area contributed by atoms with Crippen molar-refractivity contribution >= 4 is 64.1 Å². The normalized spacial score (nSPS) is 13.2. The molecule has 2 amide bonds. The first-order valence-electron chi connectivity index (χ1n) is 22.0. The van der Waals surface area contributed by atoms with Gasteiger partial charge in [0.05, 0.1) is 25.7 Å². The van der Waals surface area contributed by atoms with Gasteiger partial charge in [-0.2, -0.15) is 0 Å². The van der Waals surface area contributed by atoms with Crippen LogP contribution in [0.2, 0.25) is 5.02 Å². The van der Waals surface area contributed by atoms with E-state index in [2.05, 4.69) is 15.1 Å². The van der Waals surface area contributed by atoms with Crippen molar-refractivity contribution in [2.24, 2.45) is 0 Å². The molecular weight excluding hydrogens is 874 g/mol. The molecule has 4 aromatic rings. The lowest BCUT2D eigenvalue weighted by Gasteiger charge is -2.34. The quantitative estimate of drug-likeness (QED) is 0.0548. The summed E-state index contributed by atoms with van der Waals surface area (Å²) in [6.07, 6.45) is 2.44. The van der Waals surface area contributed by atoms with Gasteiger partial charge in [-0.3, -0.25) is 33.4 Å². The van der Waals surface area contributed by atoms with Gasteiger partial charge in [-0.05, 0) is 92.8 Å². The molecule has 356 valence electrons. The van der Waals surface area contributed by atoms with Crippen LogP contribution >= 0.6 is 11.6 Å². The molecule has 0 spiro atoms. The van der Waals surface area contributed by atoms with Gasteiger partial charge >= 0.3 is 23.9 Å². The number of nitrogens with zero attached hydrogens (tertiary/aromatic N) is 4. The third kappa shape index (κ3) is 15.7. The van der Waals surface area contributed by atoms with Crippen molar-refractivity contribution in [3.63, 3.8) is 0 Å². The van der Waals surface area contributed by atoms with Crippen molar-refractivity contribution in [1.29, 1.82) is 0 Å². The van der Waals surface area contributed by atoms with Gasteiger partial charge < -0.3 is 39.5 Å². The van der Waals surface area contributed by atoms with E-state index in [1.54, 1.807) is 71.2 Å². The molecule has 1 aliphatic heterocycles. The zero-order valence-electron chi connectivity index (χ0n) is 38.0. The number of benzene rings is 3. The van der Waals surface area contributed by atoms with Crippen molar-refractivity contribution in [3.8, 4) is 5.75 Å². The molecule has 17 nitrogen and oxygen atoms in total. The predicted molar refractivity (Wildman–Crippen MR) is 247 cm³/mol. The molecule has 1 unspecified atom stereocenters. The lowest BCUT2D eigenvalue weighted by atomic mass is 10.1. The van der Waals surface area contributed by atoms with Crippen LogP contribution in [0, 0.1) is 6.92 Å². The van der Waals surface area contributed by atoms with Crippen molar-refractivity contribution in [2.75, 3.05) is 72.7 Å². The molecule has 66 heavy (non-hydrogen) atoms. The standard InChI is InChI=1S/C46H58ClN5O8.C2H2O4/c1-5-21-51(22-6-2)46(57)40(48-44(55)34-11-8-7-9-12-34)18-20-42(53)59-29-10-23-49-24-26-50(27-25-49)28-30-60-43(54)32-38-33(3)52(41-19-17-37(58-4)31-39(38)41)45(56)35-13-15-36(47)16-14-35;3-1(4)2(5)6/h7-9,11-17,19,31,40H,5-6,10,18,20-30,32H2,1-4H3,(H,48,55);(H,3,4)(H,5,6). The summed E-state index contributed by atoms with van der Waals surface area (Å²) >= 11 is 6.05. The van der Waals surface area contributed by atoms with Crippen LogP contribution in [0.15, 0.2) is 72.8 Å². The second kappa shape index (κ2) is 26.6. The van der Waals surface area contributed by atoms with Crippen LogP contribution in [0.4, 0.5) is 0 Å². The lowest BCUT2D eigenvalue weighted by Crippen LogP contribution is -2.49. The molecule has 1 fully saturated rings. The summed E-state index contributed by atoms with van der Waals surface area (Å²) in [6, 6.07) is 20.1. The number of aromatic nitrogens is 1. The molecule has 2 heterocycles. The van der Waals surface area contributed by atoms with Crippen molar-refractivity contribution in [2.45, 2.75) is 65.3 Å². The van der Waals surface area contributed by atoms with E-state index in [0.717, 1.165) is 51.0 Å². The summed E-state index contributed by atoms with van der Waals surface area (Å²) in [6.45, 7) is 12.2. The molecule has 3 N–H and O–H groups in total. The first-order valence-corrected chi connectivity index (χ1v) is 22.4. The molecule has 3 aromatic carbocycles. The zero-order valence-corrected chi connectivity index (χ0v) is 38.7. The fourth-order valence-corrected chi connectivity index (χ4v) is 7.63. The second-order valence-corrected chi connectivity index (χ2v) is 16.1. The SMILES string of the molecule is CCCN(CCC)C(=O)C(CCC(=O)OCCCN1CCN(CCOC(=O)Cc2c(C)n(C(=O)c3ccc(Cl)cc3)c3ccc(OC)cc23)CC1)NC(=O)c1ccccc1.O=C(O)C(=O)O. The first-order chi connectivity index (χ1) is 31.7. The van der Waals surface area contributed by atoms with Gasteiger partial charge in [0.2, 0.25) is 5.91 Å². The summed E-state index contributed by atoms with van der Waals surface area (Å²) in [7, 11) is 1.58. The molecule has 0 bridgehead atoms. The Kier molecular flexibility index (Phi) is 21.1. The number of amides is 2. The van der Waals surface area contributed by atoms with Gasteiger partial charge in [0.1, 0.15) is 18.4 Å². The van der Waals surface area contributed by atoms with Crippen molar-refractivity contribution in [1.82, 2.24) is 24.6 Å². The third-order valence-electron chi connectivity index (χ3n) is 10.9. The van der Waals surface area contributed by atoms with E-state index in [1.807, 2.05) is 39.0 Å². The number of nitrogens with one attached hydrogen (secondary N) is 1. The van der Waals surface area contributed by atoms with Crippen LogP contribution in [-0.4, -0.2) is 150 Å². The molecule has 0 saturated carbocycles. The van der Waals surface area contributed by atoms with Crippen LogP contribution in [0.3, 0.4) is 0 Å². The lowest BCUT2D eigenvalue weighted by molar-refractivity contribution is -0.159. The topological polar surface area (TPSA) is 214 Å². The highest BCUT2D eigenvalue weighted by Gasteiger charge is 2.27. The number of carbonyl (C=O) groups excluding carboxylic acids is 5. The maximum Gasteiger partial charge on any atom is 0.414 e. The number of hydrogen-bond acceptors (Lipinski definition) is 12. The highest BCUT2D eigenvalue weighted by atomic mass is 35.5. The summed E-state index contributed by atoms with van der Waals surface area (Å²) in [5, 5.41) is 18.9. The highest BCUT2D eigenvalue weighted by molar-refractivity contribution is 6.30. The van der Waals surface area contributed by atoms with E-state index < -0.39 is 23.9 Å². The summed E-state index contributed by atoms with van der Waals surface area (Å²) in [5.41, 5.74) is 2.98. The minimum Gasteiger partial charge on any atom is -0.497 e. The fourth-order valence-electron chi connectivity index (χ4n) is 7.51. The number of esters is 2. The molecule has 18 heteroatoms. The minimum atomic E-state index is -1.82. The van der Waals surface area contributed by atoms with Gasteiger partial charge in [0, 0.05) is 86.0 Å². The van der Waals surface area contributed by atoms with Crippen LogP contribution in [0.25, 0.3) is 10.9 Å². The number of piperazine rings is 1. The number of hydrogen-bond donors (Lipinski definition) is 3. The second-order valence-electron chi connectivity index (χ2n) is 15.6. The molecular formula is C48H60ClN5O12. The molecule has 1 aliphatic rings. The van der Waals surface area contributed by atoms with Gasteiger partial charge in [0.15, 0.2) is 0 Å². The number of aliphatic carboxylic acids is 2. The minimum absolute atomic E-state index is 0.00873. The maximum absolute atomic E-state index is 13.6. The van der Waals surface area contributed by atoms with Crippen molar-refractivity contribution < 1.29 is 58.0 Å². The van der Waals surface area contributed by atoms with Gasteiger partial charge in [-0.25, -0.2) is 9.59 Å². The molecule has 1 atom stereocenters. The molecule has 1 aromatic heterocycles. The Morgan fingerprint density at radius 2 is 1.38 bits per heavy atom. The largest absolute Gasteiger partial charge is 0.497 e. The summed E-state index contributed by atoms with van der Waals surface area (Å²) in [5.74, 6) is -4.56. The maximum atomic E-state index is 13.6. The summed E-state index contributed by atoms with van der Waals surface area (Å²) in [4.78, 5) is 90.4. The van der Waals surface area contributed by atoms with Crippen LogP contribution in [0.1, 0.15) is 77.9 Å². The number of methoxy groups -OCH3 is 1. The van der Waals surface area contributed by atoms with Gasteiger partial charge in [-0.15, -0.1) is 0 Å². The number of rotatable bonds is 21. The number of fused-ring (bicyclic) bond motifs is 1. The Labute approximate surface area is 389 Å². The van der Waals surface area contributed by atoms with E-state index in [1.165, 1.54) is 0 Å². The molecule has 0 radical (unpaired) electrons. The predicted octanol–water partition coefficient (Wildman–Crippen LogP) is 5.32. The molecule has 0 aliphatic carbocycles. The number of ether oxygens (including phenoxy) is 3. The van der Waals surface area contributed by atoms with Gasteiger partial charge in [-0.1, -0.05) is 43.6 Å². The number of halogens is 1. The average molecular weight is 934 g/mol. The Morgan fingerprint density at radius 3 is 1.97 bits per heavy atom. The van der Waals surface area contributed by atoms with E-state index >= 15 is 0 Å². The van der Waals surface area contributed by atoms with Gasteiger partial charge in [0.25, 0.3) is 11.8 Å². The summed E-state index contributed by atoms with van der Waals surface area (Å²) < 4.78 is 18.3. The fraction of sp³-hybridized carbons (Fsp3) is 0.438. The van der Waals surface area contributed by atoms with E-state index in [4.69, 9.17) is 45.6 Å². The average Bonchev–Trinajstić information content (AvgIpc) is 3.58. The zero-order chi connectivity index (χ0) is 48.2. The smallest absolute Gasteiger partial charge is 0.414 e. The van der Waals surface area contributed by atoms with Crippen molar-refractivity contribution in [3.05, 3.63) is 100 Å². The number of carboxylic acid groups (broad SMARTS) is 2. The Morgan fingerprint density at radius 1 is 0.773 bits per heavy atom. The highest BCUT2D eigenvalue weighted by Crippen LogP contribution is 2.31. The Hall–Kier alpha value is -6.30. The number of carboxylic acids is 2. The monoisotopic (exact) mass is 933 g/mol. The van der Waals surface area contributed by atoms with Crippen LogP contribution in [-0.2, 0) is 39.9 Å². The number of carbonyl (C=O) groups is 7. The Bertz CT molecular complexity index is 2260. The van der Waals surface area contributed by atoms with E-state index in [0.29, 0.717) is 64.7 Å². The van der Waals surface area contributed by atoms with Crippen LogP contribution in [0.5, 0.6) is 5.75 Å².